The summed E-state index contributed by atoms with van der Waals surface area (Å²) in [7, 11) is 4.75. The Bertz CT molecular complexity index is 4880. The van der Waals surface area contributed by atoms with Crippen LogP contribution in [0.25, 0.3) is 101 Å². The predicted molar refractivity (Wildman–Crippen MR) is 313 cm³/mol. The first-order chi connectivity index (χ1) is 40.2. The third kappa shape index (κ3) is 8.13. The van der Waals surface area contributed by atoms with Crippen molar-refractivity contribution in [1.82, 2.24) is 59.4 Å². The zero-order valence-corrected chi connectivity index (χ0v) is 44.5. The molecule has 10 aromatic rings. The Morgan fingerprint density at radius 2 is 1.13 bits per heavy atom. The second-order valence-corrected chi connectivity index (χ2v) is 20.6. The van der Waals surface area contributed by atoms with Gasteiger partial charge in [0.2, 0.25) is 0 Å². The smallest absolute Gasteiger partial charge is 0.305 e. The van der Waals surface area contributed by atoms with Crippen molar-refractivity contribution in [2.75, 3.05) is 14.2 Å². The van der Waals surface area contributed by atoms with Gasteiger partial charge >= 0.3 is 11.9 Å². The van der Waals surface area contributed by atoms with E-state index in [2.05, 4.69) is 56.3 Å². The first kappa shape index (κ1) is 48.4. The van der Waals surface area contributed by atoms with Gasteiger partial charge < -0.3 is 34.0 Å². The van der Waals surface area contributed by atoms with E-state index < -0.39 is 12.0 Å². The third-order valence-electron chi connectivity index (χ3n) is 15.8. The molecule has 5 aliphatic heterocycles. The number of nitrogens with zero attached hydrogens (tertiary/aromatic N) is 10. The van der Waals surface area contributed by atoms with Crippen LogP contribution in [-0.4, -0.2) is 103 Å². The number of esters is 2. The summed E-state index contributed by atoms with van der Waals surface area (Å²) in [5.74, 6) is 1.65. The van der Waals surface area contributed by atoms with Gasteiger partial charge in [0.05, 0.1) is 54.2 Å². The predicted octanol–water partition coefficient (Wildman–Crippen LogP) is 9.35. The van der Waals surface area contributed by atoms with Gasteiger partial charge in [0.25, 0.3) is 0 Å². The maximum atomic E-state index is 12.9. The van der Waals surface area contributed by atoms with Crippen molar-refractivity contribution in [1.29, 1.82) is 0 Å². The molecule has 0 amide bonds. The molecule has 0 spiro atoms. The van der Waals surface area contributed by atoms with E-state index >= 15 is 0 Å². The zero-order chi connectivity index (χ0) is 55.2. The van der Waals surface area contributed by atoms with E-state index in [1.165, 1.54) is 14.2 Å². The molecular weight excluding hydrogens is 1030 g/mol. The van der Waals surface area contributed by atoms with Gasteiger partial charge in [-0.05, 0) is 72.5 Å². The number of ether oxygens (including phenoxy) is 2. The van der Waals surface area contributed by atoms with Crippen molar-refractivity contribution < 1.29 is 19.1 Å². The molecule has 16 bridgehead atoms. The van der Waals surface area contributed by atoms with E-state index in [1.54, 1.807) is 6.20 Å². The number of aromatic nitrogens is 12. The highest BCUT2D eigenvalue weighted by atomic mass is 16.5. The Balaban J connectivity index is 0.978. The Morgan fingerprint density at radius 3 is 1.73 bits per heavy atom. The number of hydrogen-bond donors (Lipinski definition) is 4. The highest BCUT2D eigenvalue weighted by Crippen LogP contribution is 2.40. The fourth-order valence-corrected chi connectivity index (χ4v) is 11.8. The highest BCUT2D eigenvalue weighted by Gasteiger charge is 2.32. The molecule has 0 fully saturated rings. The van der Waals surface area contributed by atoms with Crippen LogP contribution in [0.15, 0.2) is 173 Å². The van der Waals surface area contributed by atoms with Crippen LogP contribution < -0.4 is 10.7 Å². The number of nitrogens with one attached hydrogen (secondary N) is 4. The molecule has 82 heavy (non-hydrogen) atoms. The summed E-state index contributed by atoms with van der Waals surface area (Å²) in [5, 5.41) is 4.98. The number of imidazole rings is 1. The number of carbonyl (C=O) groups is 2. The summed E-state index contributed by atoms with van der Waals surface area (Å²) in [6.45, 7) is 0. The van der Waals surface area contributed by atoms with Crippen molar-refractivity contribution in [2.24, 2.45) is 17.0 Å². The Labute approximate surface area is 466 Å². The van der Waals surface area contributed by atoms with Crippen molar-refractivity contribution in [3.63, 3.8) is 0 Å². The van der Waals surface area contributed by atoms with Crippen LogP contribution in [0.1, 0.15) is 54.4 Å². The molecule has 0 saturated heterocycles. The lowest BCUT2D eigenvalue weighted by Gasteiger charge is -2.21. The lowest BCUT2D eigenvalue weighted by molar-refractivity contribution is -0.141. The van der Waals surface area contributed by atoms with Gasteiger partial charge in [-0.25, -0.2) is 39.9 Å². The topological polar surface area (TPSA) is 236 Å². The summed E-state index contributed by atoms with van der Waals surface area (Å²) in [6.07, 6.45) is 12.7. The fraction of sp³-hybridized carbons (Fsp3) is 0.141. The molecule has 2 atom stereocenters. The molecule has 398 valence electrons. The number of hydrogen-bond acceptors (Lipinski definition) is 13. The van der Waals surface area contributed by atoms with Crippen molar-refractivity contribution >= 4 is 78.6 Å². The molecule has 0 saturated carbocycles. The van der Waals surface area contributed by atoms with Crippen LogP contribution in [0, 0.1) is 0 Å². The second-order valence-electron chi connectivity index (χ2n) is 20.6. The molecule has 15 rings (SSSR count). The summed E-state index contributed by atoms with van der Waals surface area (Å²) >= 11 is 0. The largest absolute Gasteiger partial charge is 0.469 e. The minimum absolute atomic E-state index is 0.123. The van der Waals surface area contributed by atoms with E-state index in [-0.39, 0.29) is 24.8 Å². The van der Waals surface area contributed by atoms with Crippen LogP contribution >= 0.6 is 0 Å². The van der Waals surface area contributed by atoms with Crippen molar-refractivity contribution in [3.05, 3.63) is 197 Å². The van der Waals surface area contributed by atoms with Gasteiger partial charge in [-0.3, -0.25) is 14.6 Å². The van der Waals surface area contributed by atoms with Gasteiger partial charge in [-0.1, -0.05) is 91.0 Å². The van der Waals surface area contributed by atoms with E-state index in [9.17, 15) is 9.59 Å². The van der Waals surface area contributed by atoms with E-state index in [0.29, 0.717) is 81.7 Å². The minimum atomic E-state index is -0.450. The summed E-state index contributed by atoms with van der Waals surface area (Å²) < 4.78 is 12.3. The number of aryl methyl sites for hydroxylation is 1. The van der Waals surface area contributed by atoms with E-state index in [1.807, 2.05) is 121 Å². The van der Waals surface area contributed by atoms with E-state index in [0.717, 1.165) is 88.2 Å². The van der Waals surface area contributed by atoms with Crippen LogP contribution in [0.2, 0.25) is 0 Å². The molecule has 4 N–H and O–H groups in total. The number of H-pyrrole nitrogens is 4. The number of fused-ring (bicyclic) bond motifs is 26. The first-order valence-corrected chi connectivity index (χ1v) is 27.0. The molecule has 0 aliphatic carbocycles. The van der Waals surface area contributed by atoms with Gasteiger partial charge in [0.1, 0.15) is 28.4 Å². The summed E-state index contributed by atoms with van der Waals surface area (Å²) in [4.78, 5) is 87.3. The van der Waals surface area contributed by atoms with Gasteiger partial charge in [0.15, 0.2) is 23.3 Å². The SMILES string of the molecule is COC(=O)CC/C1=C2\C=CC(=N2)C(c2nccn2C)=c2cc/c([nH]2)=C(\CCC(=O)OC)c2ccc([nH]2)C(c2ccc3c4nc5nc(nc6[nH]c(nc7nc(nc([nH]4)c3c2)-c2ccccc2-7)c2ccccc62)-c2ccccc2-5)C2C=CC1=N2. The number of carbonyl (C=O) groups excluding carboxylic acids is 2. The molecular formula is C64H48N14O4. The average molecular weight is 1080 g/mol. The van der Waals surface area contributed by atoms with Gasteiger partial charge in [-0.15, -0.1) is 0 Å². The Hall–Kier alpha value is -10.8. The number of methoxy groups -OCH3 is 2. The standard InChI is InChI=1S/C64H48N14O4/c1-78-31-30-65-64(78)55-50-26-22-46(68-50)41(18-28-52(79)81-2)44-20-24-48(66-44)54(49-25-21-45(67-49)42(19-29-53(80)82-3)47-23-27-51(55)69-47)33-16-17-40-43(32-33)63-76-61-39-15-9-8-14-38(39)59(74-61)72-57-35-11-5-4-10-34(35)56(70-57)71-58-36-12-6-7-13-37(36)60(73-58)75-62(40)77-63/h4-17,20-27,30-32,48,54,67,69H,18-19,28-29H2,1-3H3,(H2,70,71,72,73,74,75,76,77)/b46-41-,47-42-,55-51?. The molecule has 11 heterocycles. The van der Waals surface area contributed by atoms with Crippen molar-refractivity contribution in [2.45, 2.75) is 37.6 Å². The quantitative estimate of drug-likeness (QED) is 0.105. The number of aromatic amines is 4. The number of allylic oxidation sites excluding steroid dienone is 4. The number of rotatable bonds is 8. The molecule has 18 heteroatoms. The zero-order valence-electron chi connectivity index (χ0n) is 44.5. The monoisotopic (exact) mass is 1080 g/mol. The lowest BCUT2D eigenvalue weighted by atomic mass is 9.88. The molecule has 2 unspecified atom stereocenters. The van der Waals surface area contributed by atoms with Crippen molar-refractivity contribution in [3.8, 4) is 45.6 Å². The molecule has 6 aromatic heterocycles. The molecule has 18 nitrogen and oxygen atoms in total. The minimum Gasteiger partial charge on any atom is -0.469 e. The molecule has 5 aliphatic rings. The third-order valence-corrected chi connectivity index (χ3v) is 15.8. The average Bonchev–Trinajstić information content (AvgIpc) is 3.89. The first-order valence-electron chi connectivity index (χ1n) is 27.0. The van der Waals surface area contributed by atoms with E-state index in [4.69, 9.17) is 54.3 Å². The molecule has 0 radical (unpaired) electrons. The van der Waals surface area contributed by atoms with Gasteiger partial charge in [0, 0.05) is 98.4 Å². The normalized spacial score (nSPS) is 17.5. The van der Waals surface area contributed by atoms with Gasteiger partial charge in [-0.2, -0.15) is 0 Å². The second kappa shape index (κ2) is 19.3. The Kier molecular flexibility index (Phi) is 11.4. The highest BCUT2D eigenvalue weighted by molar-refractivity contribution is 6.30. The maximum absolute atomic E-state index is 12.9. The summed E-state index contributed by atoms with van der Waals surface area (Å²) in [5.41, 5.74) is 12.8. The van der Waals surface area contributed by atoms with Crippen LogP contribution in [0.5, 0.6) is 0 Å². The van der Waals surface area contributed by atoms with Crippen LogP contribution in [0.4, 0.5) is 0 Å². The molecule has 4 aromatic carbocycles. The number of benzene rings is 4. The van der Waals surface area contributed by atoms with Crippen LogP contribution in [-0.2, 0) is 26.1 Å². The maximum Gasteiger partial charge on any atom is 0.305 e. The lowest BCUT2D eigenvalue weighted by Crippen LogP contribution is -2.21. The Morgan fingerprint density at radius 1 is 0.561 bits per heavy atom. The number of aliphatic imine (C=N–C) groups is 2. The fourth-order valence-electron chi connectivity index (χ4n) is 11.8. The van der Waals surface area contributed by atoms with Crippen LogP contribution in [0.3, 0.4) is 0 Å². The summed E-state index contributed by atoms with van der Waals surface area (Å²) in [6, 6.07) is 38.1.